The molecule has 0 radical (unpaired) electrons. The Morgan fingerprint density at radius 1 is 1.12 bits per heavy atom. The van der Waals surface area contributed by atoms with Crippen LogP contribution in [0.2, 0.25) is 0 Å². The van der Waals surface area contributed by atoms with Crippen LogP contribution in [0.4, 0.5) is 20.5 Å². The fourth-order valence-electron chi connectivity index (χ4n) is 7.19. The van der Waals surface area contributed by atoms with Gasteiger partial charge in [-0.1, -0.05) is 26.0 Å². The van der Waals surface area contributed by atoms with Crippen molar-refractivity contribution in [2.45, 2.75) is 58.0 Å². The minimum Gasteiger partial charge on any atom is -0.423 e. The minimum atomic E-state index is -0.636. The maximum atomic E-state index is 13.8. The van der Waals surface area contributed by atoms with E-state index in [1.807, 2.05) is 6.92 Å². The van der Waals surface area contributed by atoms with Gasteiger partial charge in [-0.15, -0.1) is 0 Å². The molecule has 6 rings (SSSR count). The molecular formula is C32H40F2N4O2. The Morgan fingerprint density at radius 2 is 1.88 bits per heavy atom. The number of fused-ring (bicyclic) bond motifs is 2. The van der Waals surface area contributed by atoms with Crippen LogP contribution in [0, 0.1) is 30.4 Å². The lowest BCUT2D eigenvalue weighted by Gasteiger charge is -2.46. The summed E-state index contributed by atoms with van der Waals surface area (Å²) in [6.45, 7) is 11.6. The monoisotopic (exact) mass is 550 g/mol. The quantitative estimate of drug-likeness (QED) is 0.406. The number of oxazole rings is 1. The Labute approximate surface area is 235 Å². The maximum absolute atomic E-state index is 13.8. The molecule has 0 aliphatic carbocycles. The first-order valence-corrected chi connectivity index (χ1v) is 14.7. The first-order valence-electron chi connectivity index (χ1n) is 14.7. The van der Waals surface area contributed by atoms with Gasteiger partial charge in [0.05, 0.1) is 11.8 Å². The SMILES string of the molecule is CCc1nc(N2CCC([C@H](O)CN3CCC4(CNc5cc(C)ccc54)[C@@H](C)C3)CC2)oc1-c1cc(F)cc(F)c1. The van der Waals surface area contributed by atoms with Crippen LogP contribution in [-0.2, 0) is 11.8 Å². The van der Waals surface area contributed by atoms with Crippen LogP contribution in [0.15, 0.2) is 40.8 Å². The number of hydrogen-bond acceptors (Lipinski definition) is 6. The lowest BCUT2D eigenvalue weighted by atomic mass is 9.67. The van der Waals surface area contributed by atoms with Gasteiger partial charge in [-0.05, 0) is 80.3 Å². The lowest BCUT2D eigenvalue weighted by Crippen LogP contribution is -2.52. The lowest BCUT2D eigenvalue weighted by molar-refractivity contribution is 0.0242. The first-order chi connectivity index (χ1) is 19.3. The number of hydrogen-bond donors (Lipinski definition) is 2. The summed E-state index contributed by atoms with van der Waals surface area (Å²) in [6, 6.07) is 10.7. The molecule has 2 fully saturated rings. The second kappa shape index (κ2) is 10.8. The summed E-state index contributed by atoms with van der Waals surface area (Å²) < 4.78 is 33.7. The zero-order chi connectivity index (χ0) is 28.0. The van der Waals surface area contributed by atoms with Gasteiger partial charge in [-0.25, -0.2) is 8.78 Å². The second-order valence-corrected chi connectivity index (χ2v) is 12.1. The van der Waals surface area contributed by atoms with Crippen molar-refractivity contribution in [3.8, 4) is 11.3 Å². The molecule has 1 spiro atoms. The van der Waals surface area contributed by atoms with Crippen molar-refractivity contribution in [3.05, 3.63) is 64.9 Å². The highest BCUT2D eigenvalue weighted by Gasteiger charge is 2.46. The van der Waals surface area contributed by atoms with Crippen molar-refractivity contribution in [2.75, 3.05) is 49.5 Å². The Kier molecular flexibility index (Phi) is 7.34. The first kappa shape index (κ1) is 27.2. The largest absolute Gasteiger partial charge is 0.423 e. The molecule has 214 valence electrons. The molecule has 8 heteroatoms. The van der Waals surface area contributed by atoms with Crippen molar-refractivity contribution < 1.29 is 18.3 Å². The van der Waals surface area contributed by atoms with E-state index in [1.54, 1.807) is 0 Å². The number of nitrogens with zero attached hydrogens (tertiary/aromatic N) is 3. The summed E-state index contributed by atoms with van der Waals surface area (Å²) >= 11 is 0. The highest BCUT2D eigenvalue weighted by atomic mass is 19.1. The molecule has 40 heavy (non-hydrogen) atoms. The number of nitrogens with one attached hydrogen (secondary N) is 1. The van der Waals surface area contributed by atoms with Crippen LogP contribution < -0.4 is 10.2 Å². The third-order valence-electron chi connectivity index (χ3n) is 9.60. The summed E-state index contributed by atoms with van der Waals surface area (Å²) in [6.07, 6.45) is 3.02. The molecule has 1 aromatic heterocycles. The van der Waals surface area contributed by atoms with Gasteiger partial charge in [0.25, 0.3) is 6.01 Å². The predicted octanol–water partition coefficient (Wildman–Crippen LogP) is 5.77. The average molecular weight is 551 g/mol. The van der Waals surface area contributed by atoms with Gasteiger partial charge in [0.1, 0.15) is 11.6 Å². The molecule has 3 aliphatic rings. The Balaban J connectivity index is 1.05. The predicted molar refractivity (Wildman–Crippen MR) is 154 cm³/mol. The van der Waals surface area contributed by atoms with Gasteiger partial charge in [0.2, 0.25) is 0 Å². The molecule has 0 saturated carbocycles. The van der Waals surface area contributed by atoms with E-state index in [0.29, 0.717) is 41.9 Å². The second-order valence-electron chi connectivity index (χ2n) is 12.1. The summed E-state index contributed by atoms with van der Waals surface area (Å²) in [7, 11) is 0. The zero-order valence-electron chi connectivity index (χ0n) is 23.7. The van der Waals surface area contributed by atoms with E-state index >= 15 is 0 Å². The Morgan fingerprint density at radius 3 is 2.58 bits per heavy atom. The summed E-state index contributed by atoms with van der Waals surface area (Å²) in [4.78, 5) is 9.19. The molecule has 1 unspecified atom stereocenters. The molecule has 3 atom stereocenters. The van der Waals surface area contributed by atoms with Gasteiger partial charge in [-0.2, -0.15) is 4.98 Å². The van der Waals surface area contributed by atoms with Crippen LogP contribution in [0.5, 0.6) is 0 Å². The Bertz CT molecular complexity index is 1350. The van der Waals surface area contributed by atoms with Crippen LogP contribution in [-0.4, -0.2) is 60.4 Å². The van der Waals surface area contributed by atoms with Crippen LogP contribution >= 0.6 is 0 Å². The van der Waals surface area contributed by atoms with Crippen LogP contribution in [0.25, 0.3) is 11.3 Å². The third kappa shape index (κ3) is 5.00. The van der Waals surface area contributed by atoms with E-state index in [9.17, 15) is 13.9 Å². The summed E-state index contributed by atoms with van der Waals surface area (Å²) in [5.74, 6) is -0.127. The van der Waals surface area contributed by atoms with E-state index in [0.717, 1.165) is 58.1 Å². The fraction of sp³-hybridized carbons (Fsp3) is 0.531. The number of benzene rings is 2. The number of anilines is 2. The van der Waals surface area contributed by atoms with Crippen molar-refractivity contribution >= 4 is 11.7 Å². The van der Waals surface area contributed by atoms with E-state index in [1.165, 1.54) is 28.9 Å². The number of rotatable bonds is 6. The van der Waals surface area contributed by atoms with E-state index in [2.05, 4.69) is 52.1 Å². The van der Waals surface area contributed by atoms with Gasteiger partial charge >= 0.3 is 0 Å². The van der Waals surface area contributed by atoms with Gasteiger partial charge in [0, 0.05) is 55.5 Å². The smallest absolute Gasteiger partial charge is 0.298 e. The van der Waals surface area contributed by atoms with Gasteiger partial charge in [-0.3, -0.25) is 0 Å². The third-order valence-corrected chi connectivity index (χ3v) is 9.60. The number of halogens is 2. The number of aliphatic hydroxyl groups excluding tert-OH is 1. The van der Waals surface area contributed by atoms with Crippen molar-refractivity contribution in [3.63, 3.8) is 0 Å². The molecule has 0 amide bonds. The number of piperidine rings is 2. The topological polar surface area (TPSA) is 64.8 Å². The standard InChI is InChI=1S/C32H40F2N4O2/c1-4-27-30(23-14-24(33)16-25(34)15-23)40-31(36-27)38-10-7-22(8-11-38)29(39)18-37-12-9-32(21(3)17-37)19-35-28-13-20(2)5-6-26(28)32/h5-6,13-16,21-22,29,35,39H,4,7-12,17-19H2,1-3H3/t21-,29+,32?/m0/s1. The zero-order valence-corrected chi connectivity index (χ0v) is 23.7. The summed E-state index contributed by atoms with van der Waals surface area (Å²) in [5.41, 5.74) is 5.27. The summed E-state index contributed by atoms with van der Waals surface area (Å²) in [5, 5.41) is 14.9. The normalized spacial score (nSPS) is 24.4. The Hall–Kier alpha value is -2.97. The number of β-amino-alcohol motifs (C(OH)–C–C–N with tert-alkyl or cyclic N) is 1. The van der Waals surface area contributed by atoms with Crippen LogP contribution in [0.1, 0.15) is 49.9 Å². The van der Waals surface area contributed by atoms with Gasteiger partial charge in [0.15, 0.2) is 5.76 Å². The molecule has 3 aliphatic heterocycles. The highest BCUT2D eigenvalue weighted by molar-refractivity contribution is 5.63. The average Bonchev–Trinajstić information content (AvgIpc) is 3.53. The van der Waals surface area contributed by atoms with E-state index in [4.69, 9.17) is 4.42 Å². The molecule has 4 heterocycles. The minimum absolute atomic E-state index is 0.180. The molecular weight excluding hydrogens is 510 g/mol. The van der Waals surface area contributed by atoms with Crippen molar-refractivity contribution in [1.82, 2.24) is 9.88 Å². The molecule has 2 saturated heterocycles. The van der Waals surface area contributed by atoms with E-state index < -0.39 is 11.6 Å². The number of aliphatic hydroxyl groups is 1. The number of aromatic nitrogens is 1. The van der Waals surface area contributed by atoms with Gasteiger partial charge < -0.3 is 24.6 Å². The molecule has 2 N–H and O–H groups in total. The molecule has 2 aromatic carbocycles. The number of aryl methyl sites for hydroxylation is 2. The van der Waals surface area contributed by atoms with Crippen molar-refractivity contribution in [2.24, 2.45) is 11.8 Å². The maximum Gasteiger partial charge on any atom is 0.298 e. The highest BCUT2D eigenvalue weighted by Crippen LogP contribution is 2.47. The van der Waals surface area contributed by atoms with Crippen LogP contribution in [0.3, 0.4) is 0 Å². The molecule has 3 aromatic rings. The fourth-order valence-corrected chi connectivity index (χ4v) is 7.19. The molecule has 6 nitrogen and oxygen atoms in total. The van der Waals surface area contributed by atoms with Crippen molar-refractivity contribution in [1.29, 1.82) is 0 Å². The number of likely N-dealkylation sites (tertiary alicyclic amines) is 1. The van der Waals surface area contributed by atoms with E-state index in [-0.39, 0.29) is 17.4 Å². The molecule has 0 bridgehead atoms.